The summed E-state index contributed by atoms with van der Waals surface area (Å²) in [5, 5.41) is 8.87. The van der Waals surface area contributed by atoms with E-state index in [1.54, 1.807) is 0 Å². The molecule has 0 aliphatic carbocycles. The molecule has 1 aliphatic heterocycles. The summed E-state index contributed by atoms with van der Waals surface area (Å²) < 4.78 is 0. The Balaban J connectivity index is 2.65. The van der Waals surface area contributed by atoms with Crippen molar-refractivity contribution in [3.63, 3.8) is 0 Å². The highest BCUT2D eigenvalue weighted by Gasteiger charge is 2.36. The van der Waals surface area contributed by atoms with Crippen LogP contribution in [-0.4, -0.2) is 46.4 Å². The molecular formula is C9H15N3O4. The summed E-state index contributed by atoms with van der Waals surface area (Å²) in [7, 11) is 0. The van der Waals surface area contributed by atoms with Crippen LogP contribution in [0.4, 0.5) is 0 Å². The number of carbonyl (C=O) groups is 3. The maximum Gasteiger partial charge on any atom is 0.326 e. The number of rotatable bonds is 4. The number of nitrogens with zero attached hydrogens (tertiary/aromatic N) is 1. The Kier molecular flexibility index (Phi) is 3.83. The molecule has 0 aromatic heterocycles. The lowest BCUT2D eigenvalue weighted by molar-refractivity contribution is -0.148. The number of carbonyl (C=O) groups excluding carboxylic acids is 2. The second-order valence-electron chi connectivity index (χ2n) is 3.80. The molecule has 1 unspecified atom stereocenters. The van der Waals surface area contributed by atoms with Gasteiger partial charge in [0.1, 0.15) is 6.04 Å². The van der Waals surface area contributed by atoms with Gasteiger partial charge in [0, 0.05) is 6.54 Å². The maximum atomic E-state index is 11.7. The van der Waals surface area contributed by atoms with Crippen molar-refractivity contribution in [2.75, 3.05) is 6.54 Å². The van der Waals surface area contributed by atoms with Crippen molar-refractivity contribution in [2.24, 2.45) is 11.5 Å². The lowest BCUT2D eigenvalue weighted by Crippen LogP contribution is -2.49. The van der Waals surface area contributed by atoms with Crippen molar-refractivity contribution in [2.45, 2.75) is 31.3 Å². The van der Waals surface area contributed by atoms with Crippen molar-refractivity contribution < 1.29 is 19.5 Å². The summed E-state index contributed by atoms with van der Waals surface area (Å²) in [5.41, 5.74) is 10.4. The van der Waals surface area contributed by atoms with Gasteiger partial charge in [-0.1, -0.05) is 0 Å². The van der Waals surface area contributed by atoms with Crippen LogP contribution in [0.25, 0.3) is 0 Å². The van der Waals surface area contributed by atoms with E-state index in [1.165, 1.54) is 4.90 Å². The average molecular weight is 229 g/mol. The van der Waals surface area contributed by atoms with E-state index >= 15 is 0 Å². The van der Waals surface area contributed by atoms with Gasteiger partial charge >= 0.3 is 5.97 Å². The monoisotopic (exact) mass is 229 g/mol. The summed E-state index contributed by atoms with van der Waals surface area (Å²) >= 11 is 0. The summed E-state index contributed by atoms with van der Waals surface area (Å²) in [6.07, 6.45) is 0.790. The van der Waals surface area contributed by atoms with Crippen LogP contribution in [0.1, 0.15) is 19.3 Å². The van der Waals surface area contributed by atoms with E-state index in [1.807, 2.05) is 0 Å². The Bertz CT molecular complexity index is 318. The van der Waals surface area contributed by atoms with Crippen molar-refractivity contribution in [3.8, 4) is 0 Å². The first kappa shape index (κ1) is 12.4. The quantitative estimate of drug-likeness (QED) is 0.527. The van der Waals surface area contributed by atoms with Crippen LogP contribution in [-0.2, 0) is 14.4 Å². The van der Waals surface area contributed by atoms with Crippen LogP contribution >= 0.6 is 0 Å². The molecule has 1 saturated heterocycles. The van der Waals surface area contributed by atoms with E-state index in [-0.39, 0.29) is 6.42 Å². The predicted molar refractivity (Wildman–Crippen MR) is 54.2 cm³/mol. The molecule has 0 radical (unpaired) electrons. The third-order valence-electron chi connectivity index (χ3n) is 2.56. The van der Waals surface area contributed by atoms with E-state index in [9.17, 15) is 14.4 Å². The molecule has 7 nitrogen and oxygen atoms in total. The zero-order valence-corrected chi connectivity index (χ0v) is 8.76. The molecule has 2 amide bonds. The standard InChI is InChI=1S/C9H15N3O4/c10-5(4-7(11)13)8(14)12-3-1-2-6(12)9(15)16/h5-6H,1-4,10H2,(H2,11,13)(H,15,16)/t5?,6-/m0/s1. The Hall–Kier alpha value is -1.63. The Morgan fingerprint density at radius 3 is 2.56 bits per heavy atom. The van der Waals surface area contributed by atoms with Crippen LogP contribution in [0.15, 0.2) is 0 Å². The van der Waals surface area contributed by atoms with Crippen LogP contribution in [0.2, 0.25) is 0 Å². The van der Waals surface area contributed by atoms with Crippen molar-refractivity contribution in [1.82, 2.24) is 4.90 Å². The number of nitrogens with two attached hydrogens (primary N) is 2. The normalized spacial score (nSPS) is 21.8. The molecule has 1 fully saturated rings. The van der Waals surface area contributed by atoms with Gasteiger partial charge in [-0.25, -0.2) is 4.79 Å². The number of carboxylic acids is 1. The minimum Gasteiger partial charge on any atom is -0.480 e. The lowest BCUT2D eigenvalue weighted by Gasteiger charge is -2.24. The molecule has 0 spiro atoms. The molecule has 2 atom stereocenters. The Morgan fingerprint density at radius 1 is 1.44 bits per heavy atom. The van der Waals surface area contributed by atoms with Crippen LogP contribution in [0, 0.1) is 0 Å². The second kappa shape index (κ2) is 4.93. The van der Waals surface area contributed by atoms with Crippen LogP contribution < -0.4 is 11.5 Å². The molecule has 7 heteroatoms. The number of likely N-dealkylation sites (tertiary alicyclic amines) is 1. The van der Waals surface area contributed by atoms with Gasteiger partial charge < -0.3 is 21.5 Å². The lowest BCUT2D eigenvalue weighted by atomic mass is 10.1. The average Bonchev–Trinajstić information content (AvgIpc) is 2.63. The molecule has 5 N–H and O–H groups in total. The Morgan fingerprint density at radius 2 is 2.06 bits per heavy atom. The predicted octanol–water partition coefficient (Wildman–Crippen LogP) is -1.74. The molecule has 0 aromatic rings. The van der Waals surface area contributed by atoms with Gasteiger partial charge in [-0.05, 0) is 12.8 Å². The molecule has 1 heterocycles. The molecule has 1 rings (SSSR count). The van der Waals surface area contributed by atoms with E-state index in [0.29, 0.717) is 19.4 Å². The van der Waals surface area contributed by atoms with Crippen molar-refractivity contribution >= 4 is 17.8 Å². The van der Waals surface area contributed by atoms with Gasteiger partial charge in [0.2, 0.25) is 11.8 Å². The first-order chi connectivity index (χ1) is 7.43. The highest BCUT2D eigenvalue weighted by Crippen LogP contribution is 2.18. The van der Waals surface area contributed by atoms with Crippen molar-refractivity contribution in [3.05, 3.63) is 0 Å². The zero-order valence-electron chi connectivity index (χ0n) is 8.76. The highest BCUT2D eigenvalue weighted by atomic mass is 16.4. The summed E-state index contributed by atoms with van der Waals surface area (Å²) in [4.78, 5) is 34.4. The van der Waals surface area contributed by atoms with E-state index in [2.05, 4.69) is 0 Å². The maximum absolute atomic E-state index is 11.7. The van der Waals surface area contributed by atoms with Gasteiger partial charge in [0.15, 0.2) is 0 Å². The molecule has 0 saturated carbocycles. The molecule has 16 heavy (non-hydrogen) atoms. The van der Waals surface area contributed by atoms with E-state index in [0.717, 1.165) is 0 Å². The summed E-state index contributed by atoms with van der Waals surface area (Å²) in [6.45, 7) is 0.363. The van der Waals surface area contributed by atoms with Crippen LogP contribution in [0.3, 0.4) is 0 Å². The smallest absolute Gasteiger partial charge is 0.326 e. The summed E-state index contributed by atoms with van der Waals surface area (Å²) in [5.74, 6) is -2.24. The molecular weight excluding hydrogens is 214 g/mol. The minimum atomic E-state index is -1.04. The number of aliphatic carboxylic acids is 1. The van der Waals surface area contributed by atoms with Gasteiger partial charge in [0.25, 0.3) is 0 Å². The first-order valence-corrected chi connectivity index (χ1v) is 5.00. The number of hydrogen-bond acceptors (Lipinski definition) is 4. The Labute approximate surface area is 92.4 Å². The van der Waals surface area contributed by atoms with Gasteiger partial charge in [-0.3, -0.25) is 9.59 Å². The topological polar surface area (TPSA) is 127 Å². The fourth-order valence-corrected chi connectivity index (χ4v) is 1.80. The number of amides is 2. The third kappa shape index (κ3) is 2.69. The van der Waals surface area contributed by atoms with Gasteiger partial charge in [-0.2, -0.15) is 0 Å². The molecule has 1 aliphatic rings. The first-order valence-electron chi connectivity index (χ1n) is 5.00. The number of carboxylic acid groups (broad SMARTS) is 1. The molecule has 0 aromatic carbocycles. The minimum absolute atomic E-state index is 0.262. The largest absolute Gasteiger partial charge is 0.480 e. The second-order valence-corrected chi connectivity index (χ2v) is 3.80. The van der Waals surface area contributed by atoms with Crippen LogP contribution in [0.5, 0.6) is 0 Å². The summed E-state index contributed by atoms with van der Waals surface area (Å²) in [6, 6.07) is -1.87. The number of primary amides is 1. The van der Waals surface area contributed by atoms with E-state index in [4.69, 9.17) is 16.6 Å². The zero-order chi connectivity index (χ0) is 12.3. The SMILES string of the molecule is NC(=O)CC(N)C(=O)N1CCC[C@H]1C(=O)O. The van der Waals surface area contributed by atoms with Gasteiger partial charge in [0.05, 0.1) is 12.5 Å². The van der Waals surface area contributed by atoms with Crippen molar-refractivity contribution in [1.29, 1.82) is 0 Å². The molecule has 90 valence electrons. The number of hydrogen-bond donors (Lipinski definition) is 3. The van der Waals surface area contributed by atoms with Gasteiger partial charge in [-0.15, -0.1) is 0 Å². The fraction of sp³-hybridized carbons (Fsp3) is 0.667. The third-order valence-corrected chi connectivity index (χ3v) is 2.56. The van der Waals surface area contributed by atoms with E-state index < -0.39 is 29.9 Å². The highest BCUT2D eigenvalue weighted by molar-refractivity contribution is 5.90. The fourth-order valence-electron chi connectivity index (χ4n) is 1.80. The molecule has 0 bridgehead atoms.